The number of hydrogen-bond acceptors (Lipinski definition) is 9. The lowest BCUT2D eigenvalue weighted by Crippen LogP contribution is -2.19. The third-order valence-corrected chi connectivity index (χ3v) is 6.09. The number of anilines is 2. The summed E-state index contributed by atoms with van der Waals surface area (Å²) in [5, 5.41) is 10.3. The molecular formula is C27H26N6O3. The van der Waals surface area contributed by atoms with E-state index in [0.29, 0.717) is 23.4 Å². The number of nitrogen functional groups attached to an aromatic ring is 1. The second-order valence-electron chi connectivity index (χ2n) is 8.89. The highest BCUT2D eigenvalue weighted by atomic mass is 16.5. The smallest absolute Gasteiger partial charge is 0.339 e. The van der Waals surface area contributed by atoms with Gasteiger partial charge in [-0.3, -0.25) is 0 Å². The zero-order chi connectivity index (χ0) is 25.4. The number of carbonyl (C=O) groups excluding carboxylic acids is 1. The van der Waals surface area contributed by atoms with Gasteiger partial charge in [0.05, 0.1) is 16.8 Å². The van der Waals surface area contributed by atoms with E-state index in [0.717, 1.165) is 34.2 Å². The monoisotopic (exact) mass is 482 g/mol. The summed E-state index contributed by atoms with van der Waals surface area (Å²) in [6.07, 6.45) is 2.71. The fourth-order valence-corrected chi connectivity index (χ4v) is 4.34. The minimum atomic E-state index is -0.738. The molecule has 0 spiro atoms. The third kappa shape index (κ3) is 4.43. The SMILES string of the molecule is CC(OC(=O)c1c2c(nc3ccccc13)/C(=C/c1ccc(O)cc1)CC2)c1nc(N)nc(N(C)C)n1. The Balaban J connectivity index is 1.54. The van der Waals surface area contributed by atoms with E-state index >= 15 is 0 Å². The van der Waals surface area contributed by atoms with Gasteiger partial charge in [-0.05, 0) is 60.7 Å². The van der Waals surface area contributed by atoms with Crippen LogP contribution in [0.2, 0.25) is 0 Å². The molecule has 9 heteroatoms. The number of hydrogen-bond donors (Lipinski definition) is 2. The molecule has 2 aromatic carbocycles. The number of pyridine rings is 1. The van der Waals surface area contributed by atoms with Gasteiger partial charge in [-0.1, -0.05) is 30.3 Å². The first-order chi connectivity index (χ1) is 17.3. The lowest BCUT2D eigenvalue weighted by Gasteiger charge is -2.17. The van der Waals surface area contributed by atoms with Crippen LogP contribution in [0.3, 0.4) is 0 Å². The van der Waals surface area contributed by atoms with Crippen molar-refractivity contribution in [1.29, 1.82) is 0 Å². The average molecular weight is 483 g/mol. The molecule has 1 aliphatic rings. The third-order valence-electron chi connectivity index (χ3n) is 6.09. The van der Waals surface area contributed by atoms with Crippen molar-refractivity contribution in [2.24, 2.45) is 0 Å². The number of carbonyl (C=O) groups is 1. The Kier molecular flexibility index (Phi) is 5.97. The molecule has 1 aliphatic carbocycles. The molecule has 0 bridgehead atoms. The van der Waals surface area contributed by atoms with E-state index in [2.05, 4.69) is 15.0 Å². The van der Waals surface area contributed by atoms with Crippen LogP contribution in [0, 0.1) is 0 Å². The van der Waals surface area contributed by atoms with Crippen LogP contribution in [0.5, 0.6) is 5.75 Å². The molecule has 0 aliphatic heterocycles. The minimum Gasteiger partial charge on any atom is -0.508 e. The van der Waals surface area contributed by atoms with Crippen LogP contribution in [0.15, 0.2) is 48.5 Å². The Labute approximate surface area is 208 Å². The number of esters is 1. The number of rotatable bonds is 5. The van der Waals surface area contributed by atoms with E-state index in [4.69, 9.17) is 15.5 Å². The Morgan fingerprint density at radius 2 is 1.81 bits per heavy atom. The Hall–Kier alpha value is -4.53. The number of nitrogens with zero attached hydrogens (tertiary/aromatic N) is 5. The van der Waals surface area contributed by atoms with Crippen LogP contribution in [-0.4, -0.2) is 45.1 Å². The van der Waals surface area contributed by atoms with Gasteiger partial charge in [0.25, 0.3) is 0 Å². The van der Waals surface area contributed by atoms with E-state index < -0.39 is 12.1 Å². The summed E-state index contributed by atoms with van der Waals surface area (Å²) in [6, 6.07) is 14.6. The van der Waals surface area contributed by atoms with Gasteiger partial charge in [-0.15, -0.1) is 0 Å². The molecule has 5 rings (SSSR count). The first kappa shape index (κ1) is 23.2. The molecule has 36 heavy (non-hydrogen) atoms. The largest absolute Gasteiger partial charge is 0.508 e. The number of para-hydroxylation sites is 1. The van der Waals surface area contributed by atoms with Gasteiger partial charge in [0, 0.05) is 19.5 Å². The number of phenolic OH excluding ortho intramolecular Hbond substituents is 1. The van der Waals surface area contributed by atoms with Gasteiger partial charge in [-0.2, -0.15) is 15.0 Å². The highest BCUT2D eigenvalue weighted by Gasteiger charge is 2.29. The van der Waals surface area contributed by atoms with E-state index in [9.17, 15) is 9.90 Å². The summed E-state index contributed by atoms with van der Waals surface area (Å²) in [7, 11) is 3.59. The first-order valence-electron chi connectivity index (χ1n) is 11.6. The van der Waals surface area contributed by atoms with Gasteiger partial charge in [0.1, 0.15) is 5.75 Å². The number of nitrogens with two attached hydrogens (primary N) is 1. The Morgan fingerprint density at radius 3 is 2.56 bits per heavy atom. The van der Waals surface area contributed by atoms with Crippen molar-refractivity contribution in [3.05, 3.63) is 76.7 Å². The number of benzene rings is 2. The molecule has 4 aromatic rings. The standard InChI is InChI=1S/C27H26N6O3/c1-15(24-30-26(28)32-27(31-24)33(2)3)36-25(35)22-19-6-4-5-7-21(19)29-23-17(10-13-20(22)23)14-16-8-11-18(34)12-9-16/h4-9,11-12,14-15,34H,10,13H2,1-3H3,(H2,28,30,31,32)/b17-14+. The summed E-state index contributed by atoms with van der Waals surface area (Å²) >= 11 is 0. The Morgan fingerprint density at radius 1 is 1.06 bits per heavy atom. The van der Waals surface area contributed by atoms with Gasteiger partial charge in [0.2, 0.25) is 11.9 Å². The summed E-state index contributed by atoms with van der Waals surface area (Å²) in [6.45, 7) is 1.71. The molecule has 0 fully saturated rings. The van der Waals surface area contributed by atoms with Gasteiger partial charge in [-0.25, -0.2) is 9.78 Å². The van der Waals surface area contributed by atoms with Crippen molar-refractivity contribution in [3.63, 3.8) is 0 Å². The molecule has 0 saturated carbocycles. The number of phenols is 1. The lowest BCUT2D eigenvalue weighted by molar-refractivity contribution is 0.0321. The summed E-state index contributed by atoms with van der Waals surface area (Å²) in [5.74, 6) is 0.478. The van der Waals surface area contributed by atoms with Crippen LogP contribution < -0.4 is 10.6 Å². The van der Waals surface area contributed by atoms with Crippen molar-refractivity contribution in [3.8, 4) is 5.75 Å². The Bertz CT molecular complexity index is 1500. The van der Waals surface area contributed by atoms with Crippen LogP contribution in [0.25, 0.3) is 22.6 Å². The molecule has 9 nitrogen and oxygen atoms in total. The maximum atomic E-state index is 13.6. The highest BCUT2D eigenvalue weighted by Crippen LogP contribution is 2.38. The molecule has 182 valence electrons. The van der Waals surface area contributed by atoms with Crippen LogP contribution in [0.4, 0.5) is 11.9 Å². The first-order valence-corrected chi connectivity index (χ1v) is 11.6. The number of ether oxygens (including phenoxy) is 1. The highest BCUT2D eigenvalue weighted by molar-refractivity contribution is 6.07. The fourth-order valence-electron chi connectivity index (χ4n) is 4.34. The zero-order valence-corrected chi connectivity index (χ0v) is 20.3. The number of fused-ring (bicyclic) bond motifs is 2. The maximum absolute atomic E-state index is 13.6. The predicted octanol–water partition coefficient (Wildman–Crippen LogP) is 4.18. The number of aromatic hydroxyl groups is 1. The molecule has 0 radical (unpaired) electrons. The molecule has 2 aromatic heterocycles. The second kappa shape index (κ2) is 9.26. The van der Waals surface area contributed by atoms with Gasteiger partial charge >= 0.3 is 5.97 Å². The molecule has 0 saturated heterocycles. The molecule has 3 N–H and O–H groups in total. The predicted molar refractivity (Wildman–Crippen MR) is 138 cm³/mol. The number of allylic oxidation sites excluding steroid dienone is 1. The van der Waals surface area contributed by atoms with Crippen molar-refractivity contribution in [2.45, 2.75) is 25.9 Å². The van der Waals surface area contributed by atoms with E-state index in [1.54, 1.807) is 38.1 Å². The summed E-state index contributed by atoms with van der Waals surface area (Å²) in [4.78, 5) is 32.9. The van der Waals surface area contributed by atoms with Crippen LogP contribution in [-0.2, 0) is 11.2 Å². The van der Waals surface area contributed by atoms with Crippen molar-refractivity contribution in [1.82, 2.24) is 19.9 Å². The number of aromatic nitrogens is 4. The van der Waals surface area contributed by atoms with Crippen LogP contribution >= 0.6 is 0 Å². The molecule has 1 atom stereocenters. The normalized spacial score (nSPS) is 14.6. The zero-order valence-electron chi connectivity index (χ0n) is 20.3. The fraction of sp³-hybridized carbons (Fsp3) is 0.222. The maximum Gasteiger partial charge on any atom is 0.339 e. The van der Waals surface area contributed by atoms with Crippen molar-refractivity contribution < 1.29 is 14.6 Å². The lowest BCUT2D eigenvalue weighted by atomic mass is 10.0. The molecular weight excluding hydrogens is 456 g/mol. The summed E-state index contributed by atoms with van der Waals surface area (Å²) in [5.41, 5.74) is 10.7. The van der Waals surface area contributed by atoms with Gasteiger partial charge < -0.3 is 20.5 Å². The molecule has 0 amide bonds. The van der Waals surface area contributed by atoms with E-state index in [1.165, 1.54) is 0 Å². The molecule has 1 unspecified atom stereocenters. The van der Waals surface area contributed by atoms with Gasteiger partial charge in [0.15, 0.2) is 11.9 Å². The average Bonchev–Trinajstić information content (AvgIpc) is 3.25. The second-order valence-corrected chi connectivity index (χ2v) is 8.89. The summed E-state index contributed by atoms with van der Waals surface area (Å²) < 4.78 is 5.87. The topological polar surface area (TPSA) is 127 Å². The van der Waals surface area contributed by atoms with Crippen molar-refractivity contribution >= 4 is 40.4 Å². The van der Waals surface area contributed by atoms with Crippen molar-refractivity contribution in [2.75, 3.05) is 24.7 Å². The minimum absolute atomic E-state index is 0.0610. The van der Waals surface area contributed by atoms with E-state index in [1.807, 2.05) is 42.5 Å². The van der Waals surface area contributed by atoms with Crippen LogP contribution in [0.1, 0.15) is 52.5 Å². The quantitative estimate of drug-likeness (QED) is 0.403. The molecule has 2 heterocycles. The van der Waals surface area contributed by atoms with E-state index in [-0.39, 0.29) is 17.5 Å².